The summed E-state index contributed by atoms with van der Waals surface area (Å²) in [4.78, 5) is 16.8. The predicted molar refractivity (Wildman–Crippen MR) is 126 cm³/mol. The molecule has 0 saturated carbocycles. The topological polar surface area (TPSA) is 109 Å². The van der Waals surface area contributed by atoms with Crippen molar-refractivity contribution in [2.24, 2.45) is 0 Å². The molecule has 0 saturated heterocycles. The van der Waals surface area contributed by atoms with E-state index in [-0.39, 0.29) is 49.3 Å². The summed E-state index contributed by atoms with van der Waals surface area (Å²) >= 11 is 18.2. The maximum absolute atomic E-state index is 13.4. The van der Waals surface area contributed by atoms with Crippen LogP contribution in [-0.2, 0) is 10.0 Å². The van der Waals surface area contributed by atoms with Crippen molar-refractivity contribution in [3.63, 3.8) is 0 Å². The van der Waals surface area contributed by atoms with Gasteiger partial charge in [0.2, 0.25) is 5.88 Å². The molecule has 172 valence electrons. The maximum Gasteiger partial charge on any atom is 0.264 e. The number of fused-ring (bicyclic) bond motifs is 1. The number of rotatable bonds is 5. The number of carbonyl (C=O) groups is 1. The number of anilines is 2. The van der Waals surface area contributed by atoms with Crippen molar-refractivity contribution < 1.29 is 23.1 Å². The molecular weight excluding hydrogens is 513 g/mol. The van der Waals surface area contributed by atoms with Crippen LogP contribution in [0.4, 0.5) is 11.4 Å². The van der Waals surface area contributed by atoms with Crippen molar-refractivity contribution in [1.29, 1.82) is 0 Å². The molecular formula is C21H16Cl3N3O5S. The number of aliphatic hydroxyl groups excluding tert-OH is 1. The number of ether oxygens (including phenoxy) is 1. The molecule has 0 fully saturated rings. The molecule has 33 heavy (non-hydrogen) atoms. The first-order chi connectivity index (χ1) is 15.7. The maximum atomic E-state index is 13.4. The number of nitrogens with one attached hydrogen (secondary N) is 1. The highest BCUT2D eigenvalue weighted by Crippen LogP contribution is 2.37. The second-order valence-electron chi connectivity index (χ2n) is 7.02. The number of benzene rings is 2. The van der Waals surface area contributed by atoms with E-state index < -0.39 is 28.6 Å². The number of sulfonamides is 1. The lowest BCUT2D eigenvalue weighted by Crippen LogP contribution is -2.45. The fraction of sp³-hybridized carbons (Fsp3) is 0.143. The molecule has 1 aliphatic rings. The van der Waals surface area contributed by atoms with E-state index in [1.54, 1.807) is 12.1 Å². The van der Waals surface area contributed by atoms with Crippen molar-refractivity contribution in [2.75, 3.05) is 22.8 Å². The average molecular weight is 529 g/mol. The van der Waals surface area contributed by atoms with Gasteiger partial charge >= 0.3 is 0 Å². The van der Waals surface area contributed by atoms with Gasteiger partial charge in [-0.25, -0.2) is 13.4 Å². The van der Waals surface area contributed by atoms with Gasteiger partial charge in [-0.2, -0.15) is 0 Å². The molecule has 2 aromatic carbocycles. The van der Waals surface area contributed by atoms with Gasteiger partial charge in [-0.15, -0.1) is 0 Å². The molecule has 1 amide bonds. The molecule has 3 aromatic rings. The molecule has 8 nitrogen and oxygen atoms in total. The van der Waals surface area contributed by atoms with Gasteiger partial charge in [0.25, 0.3) is 15.9 Å². The summed E-state index contributed by atoms with van der Waals surface area (Å²) in [6, 6.07) is 11.9. The van der Waals surface area contributed by atoms with Crippen molar-refractivity contribution >= 4 is 62.1 Å². The summed E-state index contributed by atoms with van der Waals surface area (Å²) in [5.74, 6) is -0.610. The number of pyridine rings is 1. The molecule has 0 radical (unpaired) electrons. The molecule has 0 bridgehead atoms. The zero-order valence-electron chi connectivity index (χ0n) is 16.7. The number of aliphatic hydroxyl groups is 1. The normalized spacial score (nSPS) is 15.5. The van der Waals surface area contributed by atoms with Gasteiger partial charge in [0.15, 0.2) is 0 Å². The molecule has 12 heteroatoms. The van der Waals surface area contributed by atoms with Gasteiger partial charge < -0.3 is 15.2 Å². The number of nitrogens with zero attached hydrogens (tertiary/aromatic N) is 2. The van der Waals surface area contributed by atoms with Crippen LogP contribution in [0.25, 0.3) is 0 Å². The van der Waals surface area contributed by atoms with Crippen LogP contribution in [0.3, 0.4) is 0 Å². The lowest BCUT2D eigenvalue weighted by molar-refractivity contribution is 0.102. The van der Waals surface area contributed by atoms with Gasteiger partial charge in [-0.05, 0) is 36.4 Å². The zero-order valence-corrected chi connectivity index (χ0v) is 19.8. The van der Waals surface area contributed by atoms with Crippen LogP contribution in [0, 0.1) is 0 Å². The molecule has 0 spiro atoms. The highest BCUT2D eigenvalue weighted by atomic mass is 35.5. The Morgan fingerprint density at radius 2 is 1.85 bits per heavy atom. The Morgan fingerprint density at radius 3 is 2.52 bits per heavy atom. The van der Waals surface area contributed by atoms with Crippen LogP contribution in [-0.4, -0.2) is 43.7 Å². The zero-order chi connectivity index (χ0) is 23.8. The fourth-order valence-electron chi connectivity index (χ4n) is 3.24. The first kappa shape index (κ1) is 23.6. The van der Waals surface area contributed by atoms with Gasteiger partial charge in [-0.1, -0.05) is 46.9 Å². The van der Waals surface area contributed by atoms with Crippen molar-refractivity contribution in [1.82, 2.24) is 4.98 Å². The lowest BCUT2D eigenvalue weighted by atomic mass is 10.2. The second kappa shape index (κ2) is 9.36. The van der Waals surface area contributed by atoms with Gasteiger partial charge in [0, 0.05) is 5.02 Å². The second-order valence-corrected chi connectivity index (χ2v) is 10.1. The van der Waals surface area contributed by atoms with Crippen LogP contribution in [0.15, 0.2) is 59.6 Å². The van der Waals surface area contributed by atoms with Crippen molar-refractivity contribution in [2.45, 2.75) is 11.0 Å². The third-order valence-corrected chi connectivity index (χ3v) is 7.42. The summed E-state index contributed by atoms with van der Waals surface area (Å²) < 4.78 is 33.4. The Balaban J connectivity index is 1.73. The minimum Gasteiger partial charge on any atom is -0.468 e. The number of halogens is 3. The number of aromatic nitrogens is 1. The highest BCUT2D eigenvalue weighted by molar-refractivity contribution is 7.92. The molecule has 4 rings (SSSR count). The van der Waals surface area contributed by atoms with Crippen LogP contribution >= 0.6 is 34.8 Å². The molecule has 2 N–H and O–H groups in total. The van der Waals surface area contributed by atoms with Gasteiger partial charge in [0.1, 0.15) is 11.8 Å². The summed E-state index contributed by atoms with van der Waals surface area (Å²) in [6.45, 7) is -0.597. The van der Waals surface area contributed by atoms with E-state index in [9.17, 15) is 18.3 Å². The van der Waals surface area contributed by atoms with E-state index in [2.05, 4.69) is 10.3 Å². The minimum atomic E-state index is -4.09. The largest absolute Gasteiger partial charge is 0.468 e. The summed E-state index contributed by atoms with van der Waals surface area (Å²) in [6.07, 6.45) is 0.465. The Labute approximate surface area is 204 Å². The first-order valence-electron chi connectivity index (χ1n) is 9.52. The van der Waals surface area contributed by atoms with E-state index in [0.717, 1.165) is 4.31 Å². The lowest BCUT2D eigenvalue weighted by Gasteiger charge is -2.34. The molecule has 2 heterocycles. The highest BCUT2D eigenvalue weighted by Gasteiger charge is 2.35. The van der Waals surface area contributed by atoms with Crippen molar-refractivity contribution in [3.05, 3.63) is 75.4 Å². The van der Waals surface area contributed by atoms with Crippen LogP contribution in [0.5, 0.6) is 5.88 Å². The van der Waals surface area contributed by atoms with E-state index in [0.29, 0.717) is 0 Å². The number of hydrogen-bond acceptors (Lipinski definition) is 6. The average Bonchev–Trinajstić information content (AvgIpc) is 2.78. The Hall–Kier alpha value is -2.56. The SMILES string of the molecule is O=C(Nc1cnc2c(c1)N(S(=O)(=O)c1cccc(Cl)c1)C[C@H](CO)O2)c1c(Cl)cccc1Cl. The van der Waals surface area contributed by atoms with E-state index >= 15 is 0 Å². The van der Waals surface area contributed by atoms with Crippen LogP contribution in [0.1, 0.15) is 10.4 Å². The molecule has 1 aromatic heterocycles. The first-order valence-corrected chi connectivity index (χ1v) is 12.1. The number of amides is 1. The van der Waals surface area contributed by atoms with Crippen LogP contribution < -0.4 is 14.4 Å². The summed E-state index contributed by atoms with van der Waals surface area (Å²) in [7, 11) is -4.09. The fourth-order valence-corrected chi connectivity index (χ4v) is 5.60. The molecule has 1 aliphatic heterocycles. The Kier molecular flexibility index (Phi) is 6.69. The predicted octanol–water partition coefficient (Wildman–Crippen LogP) is 4.24. The summed E-state index contributed by atoms with van der Waals surface area (Å²) in [5.41, 5.74) is 0.341. The quantitative estimate of drug-likeness (QED) is 0.513. The minimum absolute atomic E-state index is 0.0142. The van der Waals surface area contributed by atoms with E-state index in [1.165, 1.54) is 42.6 Å². The number of hydrogen-bond donors (Lipinski definition) is 2. The molecule has 0 aliphatic carbocycles. The Morgan fingerprint density at radius 1 is 1.15 bits per heavy atom. The van der Waals surface area contributed by atoms with E-state index in [1.807, 2.05) is 0 Å². The van der Waals surface area contributed by atoms with Gasteiger partial charge in [0.05, 0.1) is 45.5 Å². The third kappa shape index (κ3) is 4.73. The molecule has 1 atom stereocenters. The Bertz CT molecular complexity index is 1320. The third-order valence-electron chi connectivity index (χ3n) is 4.78. The van der Waals surface area contributed by atoms with Gasteiger partial charge in [-0.3, -0.25) is 9.10 Å². The smallest absolute Gasteiger partial charge is 0.264 e. The standard InChI is InChI=1S/C21H16Cl3N3O5S/c22-12-3-1-4-15(7-12)33(30,31)27-10-14(11-28)32-21-18(27)8-13(9-25-21)26-20(29)19-16(23)5-2-6-17(19)24/h1-9,14,28H,10-11H2,(H,26,29)/t14-/m1/s1. The summed E-state index contributed by atoms with van der Waals surface area (Å²) in [5, 5.41) is 12.8. The monoisotopic (exact) mass is 527 g/mol. The van der Waals surface area contributed by atoms with Crippen molar-refractivity contribution in [3.8, 4) is 5.88 Å². The van der Waals surface area contributed by atoms with Crippen LogP contribution in [0.2, 0.25) is 15.1 Å². The van der Waals surface area contributed by atoms with E-state index in [4.69, 9.17) is 39.5 Å². The molecule has 0 unspecified atom stereocenters. The number of carbonyl (C=O) groups excluding carboxylic acids is 1.